The summed E-state index contributed by atoms with van der Waals surface area (Å²) in [6.07, 6.45) is 5.51. The van der Waals surface area contributed by atoms with E-state index in [0.717, 1.165) is 45.2 Å². The molecule has 2 rings (SSSR count). The van der Waals surface area contributed by atoms with Crippen molar-refractivity contribution in [3.05, 3.63) is 0 Å². The van der Waals surface area contributed by atoms with E-state index in [4.69, 9.17) is 0 Å². The number of piperidine rings is 2. The number of amides is 1. The molecule has 0 spiro atoms. The zero-order valence-corrected chi connectivity index (χ0v) is 9.63. The summed E-state index contributed by atoms with van der Waals surface area (Å²) in [6, 6.07) is 0.00322. The molecule has 4 nitrogen and oxygen atoms in total. The second-order valence-corrected chi connectivity index (χ2v) is 4.80. The highest BCUT2D eigenvalue weighted by Crippen LogP contribution is 2.18. The van der Waals surface area contributed by atoms with Gasteiger partial charge in [0, 0.05) is 18.9 Å². The van der Waals surface area contributed by atoms with Crippen LogP contribution in [0.25, 0.3) is 0 Å². The fourth-order valence-corrected chi connectivity index (χ4v) is 2.54. The van der Waals surface area contributed by atoms with Crippen molar-refractivity contribution in [1.29, 1.82) is 0 Å². The van der Waals surface area contributed by atoms with Crippen molar-refractivity contribution in [3.63, 3.8) is 0 Å². The Bertz CT molecular complexity index is 272. The van der Waals surface area contributed by atoms with E-state index < -0.39 is 0 Å². The molecule has 2 atom stereocenters. The van der Waals surface area contributed by atoms with Gasteiger partial charge in [-0.2, -0.15) is 0 Å². The highest BCUT2D eigenvalue weighted by atomic mass is 16.2. The number of ketones is 1. The Hall–Kier alpha value is -0.900. The number of carbonyl (C=O) groups excluding carboxylic acids is 2. The zero-order chi connectivity index (χ0) is 11.4. The maximum atomic E-state index is 12.0. The molecule has 0 saturated carbocycles. The van der Waals surface area contributed by atoms with Crippen molar-refractivity contribution in [2.24, 2.45) is 5.92 Å². The van der Waals surface area contributed by atoms with Crippen LogP contribution in [0.4, 0.5) is 0 Å². The van der Waals surface area contributed by atoms with Crippen molar-refractivity contribution in [2.45, 2.75) is 44.6 Å². The smallest absolute Gasteiger partial charge is 0.223 e. The summed E-state index contributed by atoms with van der Waals surface area (Å²) in [5.41, 5.74) is 0. The normalized spacial score (nSPS) is 30.9. The topological polar surface area (TPSA) is 58.2 Å². The maximum Gasteiger partial charge on any atom is 0.223 e. The molecule has 90 valence electrons. The number of hydrogen-bond donors (Lipinski definition) is 2. The first-order valence-corrected chi connectivity index (χ1v) is 6.31. The van der Waals surface area contributed by atoms with Crippen molar-refractivity contribution in [1.82, 2.24) is 10.6 Å². The lowest BCUT2D eigenvalue weighted by Crippen LogP contribution is -2.43. The summed E-state index contributed by atoms with van der Waals surface area (Å²) in [7, 11) is 0. The largest absolute Gasteiger partial charge is 0.356 e. The van der Waals surface area contributed by atoms with E-state index >= 15 is 0 Å². The minimum atomic E-state index is -0.0787. The lowest BCUT2D eigenvalue weighted by Gasteiger charge is -2.26. The molecule has 2 aliphatic rings. The van der Waals surface area contributed by atoms with E-state index in [9.17, 15) is 9.59 Å². The summed E-state index contributed by atoms with van der Waals surface area (Å²) < 4.78 is 0. The van der Waals surface area contributed by atoms with Crippen molar-refractivity contribution in [2.75, 3.05) is 13.1 Å². The van der Waals surface area contributed by atoms with Gasteiger partial charge < -0.3 is 10.6 Å². The third-order valence-electron chi connectivity index (χ3n) is 3.55. The fourth-order valence-electron chi connectivity index (χ4n) is 2.54. The maximum absolute atomic E-state index is 12.0. The van der Waals surface area contributed by atoms with Gasteiger partial charge in [-0.3, -0.25) is 9.59 Å². The molecule has 0 radical (unpaired) electrons. The van der Waals surface area contributed by atoms with Gasteiger partial charge in [-0.05, 0) is 32.2 Å². The minimum absolute atomic E-state index is 0.00322. The lowest BCUT2D eigenvalue weighted by atomic mass is 9.89. The van der Waals surface area contributed by atoms with E-state index in [2.05, 4.69) is 10.6 Å². The number of nitrogens with one attached hydrogen (secondary N) is 2. The van der Waals surface area contributed by atoms with E-state index in [1.165, 1.54) is 0 Å². The van der Waals surface area contributed by atoms with Gasteiger partial charge >= 0.3 is 0 Å². The summed E-state index contributed by atoms with van der Waals surface area (Å²) in [5, 5.41) is 6.07. The van der Waals surface area contributed by atoms with Crippen LogP contribution in [0, 0.1) is 5.92 Å². The highest BCUT2D eigenvalue weighted by Gasteiger charge is 2.28. The molecule has 2 heterocycles. The van der Waals surface area contributed by atoms with Crippen LogP contribution in [0.2, 0.25) is 0 Å². The van der Waals surface area contributed by atoms with E-state index in [-0.39, 0.29) is 23.7 Å². The van der Waals surface area contributed by atoms with Crippen LogP contribution in [0.3, 0.4) is 0 Å². The van der Waals surface area contributed by atoms with Gasteiger partial charge in [0.25, 0.3) is 0 Å². The molecule has 0 bridgehead atoms. The molecule has 2 fully saturated rings. The molecular formula is C12H20N2O2. The van der Waals surface area contributed by atoms with Gasteiger partial charge in [-0.15, -0.1) is 0 Å². The number of carbonyl (C=O) groups is 2. The Morgan fingerprint density at radius 3 is 2.75 bits per heavy atom. The molecule has 1 amide bonds. The third kappa shape index (κ3) is 2.82. The second kappa shape index (κ2) is 5.43. The van der Waals surface area contributed by atoms with Gasteiger partial charge in [-0.25, -0.2) is 0 Å². The monoisotopic (exact) mass is 224 g/mol. The van der Waals surface area contributed by atoms with Crippen LogP contribution in [0.1, 0.15) is 38.5 Å². The average Bonchev–Trinajstić information content (AvgIpc) is 2.33. The average molecular weight is 224 g/mol. The summed E-state index contributed by atoms with van der Waals surface area (Å²) in [5.74, 6) is 0.210. The van der Waals surface area contributed by atoms with Gasteiger partial charge in [-0.1, -0.05) is 6.42 Å². The second-order valence-electron chi connectivity index (χ2n) is 4.80. The van der Waals surface area contributed by atoms with Crippen molar-refractivity contribution in [3.8, 4) is 0 Å². The van der Waals surface area contributed by atoms with Crippen molar-refractivity contribution < 1.29 is 9.59 Å². The van der Waals surface area contributed by atoms with Crippen molar-refractivity contribution >= 4 is 11.7 Å². The third-order valence-corrected chi connectivity index (χ3v) is 3.55. The Balaban J connectivity index is 1.83. The molecule has 0 aromatic heterocycles. The first kappa shape index (κ1) is 11.6. The summed E-state index contributed by atoms with van der Waals surface area (Å²) in [4.78, 5) is 23.5. The molecule has 0 aliphatic carbocycles. The van der Waals surface area contributed by atoms with Gasteiger partial charge in [0.2, 0.25) is 5.91 Å². The van der Waals surface area contributed by atoms with E-state index in [1.807, 2.05) is 0 Å². The number of rotatable bonds is 3. The highest BCUT2D eigenvalue weighted by molar-refractivity contribution is 5.90. The fraction of sp³-hybridized carbons (Fsp3) is 0.833. The van der Waals surface area contributed by atoms with Gasteiger partial charge in [0.05, 0.1) is 6.04 Å². The number of hydrogen-bond acceptors (Lipinski definition) is 3. The SMILES string of the molecule is O=C(C[C@H]1CCCNC1=O)C1CCCCN1. The molecular weight excluding hydrogens is 204 g/mol. The quantitative estimate of drug-likeness (QED) is 0.738. The van der Waals surface area contributed by atoms with Crippen LogP contribution in [0.15, 0.2) is 0 Å². The Morgan fingerprint density at radius 2 is 2.06 bits per heavy atom. The molecule has 2 saturated heterocycles. The first-order chi connectivity index (χ1) is 7.77. The van der Waals surface area contributed by atoms with Crippen LogP contribution in [-0.2, 0) is 9.59 Å². The first-order valence-electron chi connectivity index (χ1n) is 6.31. The molecule has 2 N–H and O–H groups in total. The Labute approximate surface area is 96.2 Å². The molecule has 4 heteroatoms. The molecule has 0 aromatic carbocycles. The van der Waals surface area contributed by atoms with Crippen LogP contribution >= 0.6 is 0 Å². The molecule has 0 aromatic rings. The standard InChI is InChI=1S/C12H20N2O2/c15-11(10-5-1-2-6-13-10)8-9-4-3-7-14-12(9)16/h9-10,13H,1-8H2,(H,14,16)/t9-,10?/m1/s1. The van der Waals surface area contributed by atoms with Crippen LogP contribution < -0.4 is 10.6 Å². The minimum Gasteiger partial charge on any atom is -0.356 e. The summed E-state index contributed by atoms with van der Waals surface area (Å²) in [6.45, 7) is 1.71. The predicted molar refractivity (Wildman–Crippen MR) is 61.0 cm³/mol. The molecule has 16 heavy (non-hydrogen) atoms. The van der Waals surface area contributed by atoms with E-state index in [0.29, 0.717) is 6.42 Å². The van der Waals surface area contributed by atoms with Crippen LogP contribution in [0.5, 0.6) is 0 Å². The van der Waals surface area contributed by atoms with Gasteiger partial charge in [0.15, 0.2) is 5.78 Å². The number of Topliss-reactive ketones (excluding diaryl/α,β-unsaturated/α-hetero) is 1. The Morgan fingerprint density at radius 1 is 1.19 bits per heavy atom. The van der Waals surface area contributed by atoms with E-state index in [1.54, 1.807) is 0 Å². The van der Waals surface area contributed by atoms with Gasteiger partial charge in [0.1, 0.15) is 0 Å². The molecule has 2 aliphatic heterocycles. The van der Waals surface area contributed by atoms with Crippen LogP contribution in [-0.4, -0.2) is 30.8 Å². The summed E-state index contributed by atoms with van der Waals surface area (Å²) >= 11 is 0. The Kier molecular flexibility index (Phi) is 3.93. The zero-order valence-electron chi connectivity index (χ0n) is 9.63. The predicted octanol–water partition coefficient (Wildman–Crippen LogP) is 0.614. The molecule has 1 unspecified atom stereocenters. The lowest BCUT2D eigenvalue weighted by molar-refractivity contribution is -0.131.